The van der Waals surface area contributed by atoms with Gasteiger partial charge in [-0.05, 0) is 24.8 Å². The number of rotatable bonds is 3. The maximum absolute atomic E-state index is 9.36. The second-order valence-corrected chi connectivity index (χ2v) is 5.58. The summed E-state index contributed by atoms with van der Waals surface area (Å²) in [7, 11) is 0. The van der Waals surface area contributed by atoms with Crippen LogP contribution in [0, 0.1) is 11.3 Å². The van der Waals surface area contributed by atoms with Crippen LogP contribution in [0.3, 0.4) is 0 Å². The third kappa shape index (κ3) is 3.29. The van der Waals surface area contributed by atoms with Crippen molar-refractivity contribution in [3.63, 3.8) is 0 Å². The Labute approximate surface area is 121 Å². The first-order valence-corrected chi connectivity index (χ1v) is 8.08. The molecular formula is C15H25N3S. The van der Waals surface area contributed by atoms with Crippen LogP contribution in [0.5, 0.6) is 0 Å². The predicted molar refractivity (Wildman–Crippen MR) is 83.9 cm³/mol. The number of nitriles is 1. The lowest BCUT2D eigenvalue weighted by Crippen LogP contribution is -2.26. The number of thiophene rings is 1. The van der Waals surface area contributed by atoms with E-state index in [1.54, 1.807) is 11.3 Å². The number of nitrogens with two attached hydrogens (primary N) is 1. The summed E-state index contributed by atoms with van der Waals surface area (Å²) in [5.41, 5.74) is 8.08. The molecule has 19 heavy (non-hydrogen) atoms. The lowest BCUT2D eigenvalue weighted by atomic mass is 10.1. The Morgan fingerprint density at radius 2 is 2.05 bits per heavy atom. The highest BCUT2D eigenvalue weighted by Crippen LogP contribution is 2.37. The van der Waals surface area contributed by atoms with Crippen LogP contribution in [-0.4, -0.2) is 19.1 Å². The number of anilines is 1. The summed E-state index contributed by atoms with van der Waals surface area (Å²) >= 11 is 1.78. The van der Waals surface area contributed by atoms with Crippen molar-refractivity contribution in [3.8, 4) is 6.07 Å². The molecule has 2 rings (SSSR count). The van der Waals surface area contributed by atoms with Crippen molar-refractivity contribution in [1.29, 1.82) is 5.26 Å². The molecular weight excluding hydrogens is 254 g/mol. The summed E-state index contributed by atoms with van der Waals surface area (Å²) < 4.78 is 0. The van der Waals surface area contributed by atoms with E-state index < -0.39 is 0 Å². The smallest absolute Gasteiger partial charge is 0.110 e. The highest BCUT2D eigenvalue weighted by Gasteiger charge is 2.25. The SMILES string of the molecule is CC.CCc1sc(N2CC[C@H](N)C2)c(C#N)c1CC. The molecule has 1 saturated heterocycles. The van der Waals surface area contributed by atoms with Crippen LogP contribution >= 0.6 is 11.3 Å². The van der Waals surface area contributed by atoms with E-state index in [4.69, 9.17) is 5.73 Å². The van der Waals surface area contributed by atoms with E-state index in [0.29, 0.717) is 0 Å². The highest BCUT2D eigenvalue weighted by molar-refractivity contribution is 7.16. The zero-order chi connectivity index (χ0) is 14.4. The van der Waals surface area contributed by atoms with E-state index in [2.05, 4.69) is 24.8 Å². The summed E-state index contributed by atoms with van der Waals surface area (Å²) in [6, 6.07) is 2.65. The monoisotopic (exact) mass is 279 g/mol. The molecule has 2 heterocycles. The summed E-state index contributed by atoms with van der Waals surface area (Å²) in [5.74, 6) is 0. The Morgan fingerprint density at radius 1 is 1.37 bits per heavy atom. The van der Waals surface area contributed by atoms with Crippen molar-refractivity contribution >= 4 is 16.3 Å². The molecule has 0 amide bonds. The zero-order valence-corrected chi connectivity index (χ0v) is 13.3. The lowest BCUT2D eigenvalue weighted by molar-refractivity contribution is 0.752. The topological polar surface area (TPSA) is 53.0 Å². The zero-order valence-electron chi connectivity index (χ0n) is 12.5. The standard InChI is InChI=1S/C13H19N3S.C2H6/c1-3-10-11(7-14)13(17-12(10)4-2)16-6-5-9(15)8-16;1-2/h9H,3-6,8,15H2,1-2H3;1-2H3/t9-;/m0./s1. The van der Waals surface area contributed by atoms with Gasteiger partial charge in [0, 0.05) is 24.0 Å². The molecule has 1 aliphatic rings. The number of hydrogen-bond donors (Lipinski definition) is 1. The molecule has 1 atom stereocenters. The summed E-state index contributed by atoms with van der Waals surface area (Å²) in [6.45, 7) is 10.2. The molecule has 0 spiro atoms. The van der Waals surface area contributed by atoms with Crippen LogP contribution in [0.1, 0.15) is 50.1 Å². The number of nitrogens with zero attached hydrogens (tertiary/aromatic N) is 2. The van der Waals surface area contributed by atoms with Gasteiger partial charge in [-0.15, -0.1) is 11.3 Å². The molecule has 0 aliphatic carbocycles. The van der Waals surface area contributed by atoms with Crippen LogP contribution in [0.2, 0.25) is 0 Å². The minimum atomic E-state index is 0.263. The molecule has 0 bridgehead atoms. The van der Waals surface area contributed by atoms with Crippen molar-refractivity contribution in [1.82, 2.24) is 0 Å². The van der Waals surface area contributed by atoms with Crippen LogP contribution in [0.25, 0.3) is 0 Å². The first kappa shape index (κ1) is 16.0. The van der Waals surface area contributed by atoms with Crippen molar-refractivity contribution in [3.05, 3.63) is 16.0 Å². The van der Waals surface area contributed by atoms with Gasteiger partial charge in [-0.2, -0.15) is 5.26 Å². The summed E-state index contributed by atoms with van der Waals surface area (Å²) in [5, 5.41) is 10.5. The Hall–Kier alpha value is -1.05. The fourth-order valence-electron chi connectivity index (χ4n) is 2.47. The van der Waals surface area contributed by atoms with Crippen molar-refractivity contribution < 1.29 is 0 Å². The average molecular weight is 279 g/mol. The van der Waals surface area contributed by atoms with Crippen LogP contribution in [0.4, 0.5) is 5.00 Å². The van der Waals surface area contributed by atoms with E-state index >= 15 is 0 Å². The molecule has 0 unspecified atom stereocenters. The maximum Gasteiger partial charge on any atom is 0.110 e. The van der Waals surface area contributed by atoms with Gasteiger partial charge in [-0.3, -0.25) is 0 Å². The van der Waals surface area contributed by atoms with E-state index in [1.807, 2.05) is 13.8 Å². The minimum Gasteiger partial charge on any atom is -0.361 e. The number of hydrogen-bond acceptors (Lipinski definition) is 4. The number of aryl methyl sites for hydroxylation is 1. The maximum atomic E-state index is 9.36. The third-order valence-electron chi connectivity index (χ3n) is 3.37. The quantitative estimate of drug-likeness (QED) is 0.923. The molecule has 4 heteroatoms. The van der Waals surface area contributed by atoms with Gasteiger partial charge in [-0.25, -0.2) is 0 Å². The first-order valence-electron chi connectivity index (χ1n) is 7.26. The average Bonchev–Trinajstić information content (AvgIpc) is 3.03. The summed E-state index contributed by atoms with van der Waals surface area (Å²) in [6.07, 6.45) is 3.00. The van der Waals surface area contributed by atoms with E-state index in [-0.39, 0.29) is 6.04 Å². The first-order chi connectivity index (χ1) is 9.21. The second kappa shape index (κ2) is 7.52. The summed E-state index contributed by atoms with van der Waals surface area (Å²) in [4.78, 5) is 3.64. The van der Waals surface area contributed by atoms with Gasteiger partial charge in [0.1, 0.15) is 11.1 Å². The largest absolute Gasteiger partial charge is 0.361 e. The van der Waals surface area contributed by atoms with E-state index in [0.717, 1.165) is 42.9 Å². The fourth-order valence-corrected chi connectivity index (χ4v) is 3.78. The fraction of sp³-hybridized carbons (Fsp3) is 0.667. The Bertz CT molecular complexity index is 445. The molecule has 2 N–H and O–H groups in total. The second-order valence-electron chi connectivity index (χ2n) is 4.50. The van der Waals surface area contributed by atoms with Crippen molar-refractivity contribution in [2.45, 2.75) is 53.0 Å². The third-order valence-corrected chi connectivity index (χ3v) is 4.81. The lowest BCUT2D eigenvalue weighted by Gasteiger charge is -2.16. The van der Waals surface area contributed by atoms with Crippen molar-refractivity contribution in [2.24, 2.45) is 5.73 Å². The molecule has 1 aromatic heterocycles. The molecule has 0 aromatic carbocycles. The molecule has 1 aromatic rings. The van der Waals surface area contributed by atoms with Gasteiger partial charge >= 0.3 is 0 Å². The Balaban J connectivity index is 0.000000861. The van der Waals surface area contributed by atoms with Crippen molar-refractivity contribution in [2.75, 3.05) is 18.0 Å². The van der Waals surface area contributed by atoms with Gasteiger partial charge in [0.25, 0.3) is 0 Å². The van der Waals surface area contributed by atoms with E-state index in [1.165, 1.54) is 10.4 Å². The molecule has 106 valence electrons. The molecule has 3 nitrogen and oxygen atoms in total. The normalized spacial score (nSPS) is 17.9. The van der Waals surface area contributed by atoms with Gasteiger partial charge in [0.05, 0.1) is 5.56 Å². The molecule has 0 saturated carbocycles. The van der Waals surface area contributed by atoms with Crippen LogP contribution in [-0.2, 0) is 12.8 Å². The van der Waals surface area contributed by atoms with Gasteiger partial charge in [-0.1, -0.05) is 27.7 Å². The van der Waals surface area contributed by atoms with E-state index in [9.17, 15) is 5.26 Å². The van der Waals surface area contributed by atoms with Gasteiger partial charge < -0.3 is 10.6 Å². The predicted octanol–water partition coefficient (Wildman–Crippen LogP) is 3.31. The highest BCUT2D eigenvalue weighted by atomic mass is 32.1. The minimum absolute atomic E-state index is 0.263. The molecule has 0 radical (unpaired) electrons. The van der Waals surface area contributed by atoms with Gasteiger partial charge in [0.15, 0.2) is 0 Å². The molecule has 1 fully saturated rings. The Kier molecular flexibility index (Phi) is 6.33. The van der Waals surface area contributed by atoms with Gasteiger partial charge in [0.2, 0.25) is 0 Å². The van der Waals surface area contributed by atoms with Crippen LogP contribution in [0.15, 0.2) is 0 Å². The Morgan fingerprint density at radius 3 is 2.47 bits per heavy atom. The van der Waals surface area contributed by atoms with Crippen LogP contribution < -0.4 is 10.6 Å². The molecule has 1 aliphatic heterocycles.